The second kappa shape index (κ2) is 6.34. The van der Waals surface area contributed by atoms with Crippen molar-refractivity contribution in [1.29, 1.82) is 0 Å². The highest BCUT2D eigenvalue weighted by Gasteiger charge is 2.24. The third-order valence-electron chi connectivity index (χ3n) is 4.21. The Balaban J connectivity index is 1.70. The van der Waals surface area contributed by atoms with Gasteiger partial charge in [-0.25, -0.2) is 0 Å². The Labute approximate surface area is 110 Å². The summed E-state index contributed by atoms with van der Waals surface area (Å²) in [6.07, 6.45) is 3.72. The van der Waals surface area contributed by atoms with Gasteiger partial charge in [0.05, 0.1) is 0 Å². The van der Waals surface area contributed by atoms with Gasteiger partial charge in [0.25, 0.3) is 0 Å². The summed E-state index contributed by atoms with van der Waals surface area (Å²) >= 11 is 0. The summed E-state index contributed by atoms with van der Waals surface area (Å²) in [5, 5.41) is 0. The smallest absolute Gasteiger partial charge is 0.245 e. The summed E-state index contributed by atoms with van der Waals surface area (Å²) in [6, 6.07) is 0. The molecule has 2 aliphatic heterocycles. The van der Waals surface area contributed by atoms with E-state index in [-0.39, 0.29) is 5.91 Å². The molecule has 4 nitrogen and oxygen atoms in total. The van der Waals surface area contributed by atoms with Crippen LogP contribution >= 0.6 is 0 Å². The molecule has 0 atom stereocenters. The number of carbonyl (C=O) groups is 1. The zero-order chi connectivity index (χ0) is 13.0. The third-order valence-corrected chi connectivity index (χ3v) is 4.21. The largest absolute Gasteiger partial charge is 0.339 e. The molecular weight excluding hydrogens is 226 g/mol. The molecule has 102 valence electrons. The number of amides is 1. The Morgan fingerprint density at radius 3 is 2.33 bits per heavy atom. The van der Waals surface area contributed by atoms with E-state index >= 15 is 0 Å². The van der Waals surface area contributed by atoms with Crippen LogP contribution in [0.5, 0.6) is 0 Å². The fourth-order valence-corrected chi connectivity index (χ4v) is 2.86. The van der Waals surface area contributed by atoms with Crippen molar-refractivity contribution in [2.24, 2.45) is 5.92 Å². The van der Waals surface area contributed by atoms with Gasteiger partial charge in [0.15, 0.2) is 0 Å². The Hall–Kier alpha value is -0.870. The molecule has 1 amide bonds. The molecule has 0 bridgehead atoms. The van der Waals surface area contributed by atoms with Gasteiger partial charge in [-0.15, -0.1) is 0 Å². The van der Waals surface area contributed by atoms with Crippen LogP contribution in [-0.2, 0) is 4.79 Å². The van der Waals surface area contributed by atoms with Crippen molar-refractivity contribution in [3.8, 4) is 0 Å². The van der Waals surface area contributed by atoms with Crippen LogP contribution in [0, 0.1) is 5.92 Å². The van der Waals surface area contributed by atoms with E-state index in [1.807, 2.05) is 4.90 Å². The van der Waals surface area contributed by atoms with E-state index in [1.54, 1.807) is 0 Å². The molecule has 18 heavy (non-hydrogen) atoms. The molecule has 0 radical (unpaired) electrons. The van der Waals surface area contributed by atoms with E-state index < -0.39 is 0 Å². The number of piperidine rings is 1. The van der Waals surface area contributed by atoms with Crippen LogP contribution in [0.25, 0.3) is 0 Å². The molecule has 0 saturated carbocycles. The first-order valence-electron chi connectivity index (χ1n) is 7.01. The van der Waals surface area contributed by atoms with E-state index in [0.29, 0.717) is 0 Å². The summed E-state index contributed by atoms with van der Waals surface area (Å²) in [6.45, 7) is 11.3. The Morgan fingerprint density at radius 2 is 1.78 bits per heavy atom. The van der Waals surface area contributed by atoms with E-state index in [1.165, 1.54) is 38.8 Å². The van der Waals surface area contributed by atoms with E-state index in [2.05, 4.69) is 23.4 Å². The zero-order valence-electron chi connectivity index (χ0n) is 11.5. The predicted octanol–water partition coefficient (Wildman–Crippen LogP) is 0.658. The maximum atomic E-state index is 11.5. The van der Waals surface area contributed by atoms with Crippen LogP contribution in [0.1, 0.15) is 12.8 Å². The van der Waals surface area contributed by atoms with Crippen molar-refractivity contribution in [1.82, 2.24) is 14.7 Å². The summed E-state index contributed by atoms with van der Waals surface area (Å²) in [5.41, 5.74) is 0. The average Bonchev–Trinajstić information content (AvgIpc) is 2.41. The highest BCUT2D eigenvalue weighted by molar-refractivity contribution is 5.87. The number of hydrogen-bond acceptors (Lipinski definition) is 3. The number of hydrogen-bond donors (Lipinski definition) is 0. The number of nitrogens with zero attached hydrogens (tertiary/aromatic N) is 3. The maximum Gasteiger partial charge on any atom is 0.245 e. The first-order valence-corrected chi connectivity index (χ1v) is 7.01. The van der Waals surface area contributed by atoms with Crippen molar-refractivity contribution in [3.05, 3.63) is 12.7 Å². The topological polar surface area (TPSA) is 26.8 Å². The van der Waals surface area contributed by atoms with Crippen molar-refractivity contribution < 1.29 is 4.79 Å². The van der Waals surface area contributed by atoms with Crippen molar-refractivity contribution in [2.45, 2.75) is 12.8 Å². The molecule has 2 aliphatic rings. The molecule has 0 N–H and O–H groups in total. The van der Waals surface area contributed by atoms with E-state index in [0.717, 1.165) is 31.8 Å². The lowest BCUT2D eigenvalue weighted by Gasteiger charge is -2.37. The van der Waals surface area contributed by atoms with Crippen LogP contribution in [0.3, 0.4) is 0 Å². The van der Waals surface area contributed by atoms with Gasteiger partial charge in [0, 0.05) is 45.8 Å². The second-order valence-corrected chi connectivity index (χ2v) is 5.58. The van der Waals surface area contributed by atoms with E-state index in [9.17, 15) is 4.79 Å². The molecule has 2 saturated heterocycles. The third kappa shape index (κ3) is 3.56. The van der Waals surface area contributed by atoms with Gasteiger partial charge >= 0.3 is 0 Å². The van der Waals surface area contributed by atoms with Crippen molar-refractivity contribution >= 4 is 5.91 Å². The number of likely N-dealkylation sites (tertiary alicyclic amines) is 1. The fraction of sp³-hybridized carbons (Fsp3) is 0.786. The molecular formula is C14H25N3O. The van der Waals surface area contributed by atoms with Crippen LogP contribution in [-0.4, -0.2) is 73.5 Å². The van der Waals surface area contributed by atoms with Crippen LogP contribution in [0.2, 0.25) is 0 Å². The Kier molecular flexibility index (Phi) is 4.78. The standard InChI is InChI=1S/C14H25N3O/c1-3-14(18)17-6-4-13(5-7-17)12-16-10-8-15(2)9-11-16/h3,13H,1,4-12H2,2H3. The molecule has 2 fully saturated rings. The molecule has 0 aliphatic carbocycles. The minimum atomic E-state index is 0.0908. The summed E-state index contributed by atoms with van der Waals surface area (Å²) in [5.74, 6) is 0.857. The Bertz CT molecular complexity index is 289. The number of likely N-dealkylation sites (N-methyl/N-ethyl adjacent to an activating group) is 1. The summed E-state index contributed by atoms with van der Waals surface area (Å²) in [7, 11) is 2.19. The van der Waals surface area contributed by atoms with Gasteiger partial charge in [-0.2, -0.15) is 0 Å². The molecule has 0 aromatic heterocycles. The highest BCUT2D eigenvalue weighted by atomic mass is 16.2. The van der Waals surface area contributed by atoms with Crippen molar-refractivity contribution in [2.75, 3.05) is 52.9 Å². The normalized spacial score (nSPS) is 24.2. The van der Waals surface area contributed by atoms with Gasteiger partial charge in [-0.1, -0.05) is 6.58 Å². The monoisotopic (exact) mass is 251 g/mol. The molecule has 4 heteroatoms. The minimum Gasteiger partial charge on any atom is -0.339 e. The molecule has 2 heterocycles. The molecule has 0 spiro atoms. The fourth-order valence-electron chi connectivity index (χ4n) is 2.86. The molecule has 0 aromatic carbocycles. The number of piperazine rings is 1. The van der Waals surface area contributed by atoms with Gasteiger partial charge in [-0.3, -0.25) is 4.79 Å². The van der Waals surface area contributed by atoms with Crippen LogP contribution in [0.15, 0.2) is 12.7 Å². The lowest BCUT2D eigenvalue weighted by atomic mass is 9.96. The lowest BCUT2D eigenvalue weighted by Crippen LogP contribution is -2.47. The molecule has 0 unspecified atom stereocenters. The van der Waals surface area contributed by atoms with Gasteiger partial charge < -0.3 is 14.7 Å². The van der Waals surface area contributed by atoms with Crippen LogP contribution in [0.4, 0.5) is 0 Å². The first kappa shape index (κ1) is 13.6. The highest BCUT2D eigenvalue weighted by Crippen LogP contribution is 2.19. The van der Waals surface area contributed by atoms with Gasteiger partial charge in [0.1, 0.15) is 0 Å². The number of carbonyl (C=O) groups excluding carboxylic acids is 1. The van der Waals surface area contributed by atoms with Crippen molar-refractivity contribution in [3.63, 3.8) is 0 Å². The maximum absolute atomic E-state index is 11.5. The zero-order valence-corrected chi connectivity index (χ0v) is 11.5. The van der Waals surface area contributed by atoms with Gasteiger partial charge in [0.2, 0.25) is 5.91 Å². The van der Waals surface area contributed by atoms with E-state index in [4.69, 9.17) is 0 Å². The van der Waals surface area contributed by atoms with Gasteiger partial charge in [-0.05, 0) is 31.9 Å². The second-order valence-electron chi connectivity index (χ2n) is 5.58. The predicted molar refractivity (Wildman–Crippen MR) is 73.4 cm³/mol. The minimum absolute atomic E-state index is 0.0908. The van der Waals surface area contributed by atoms with Crippen LogP contribution < -0.4 is 0 Å². The first-order chi connectivity index (χ1) is 8.69. The quantitative estimate of drug-likeness (QED) is 0.689. The number of rotatable bonds is 3. The molecule has 0 aromatic rings. The molecule has 2 rings (SSSR count). The SMILES string of the molecule is C=CC(=O)N1CCC(CN2CCN(C)CC2)CC1. The summed E-state index contributed by atoms with van der Waals surface area (Å²) < 4.78 is 0. The average molecular weight is 251 g/mol. The lowest BCUT2D eigenvalue weighted by molar-refractivity contribution is -0.127. The Morgan fingerprint density at radius 1 is 1.17 bits per heavy atom. The summed E-state index contributed by atoms with van der Waals surface area (Å²) in [4.78, 5) is 18.4.